The predicted molar refractivity (Wildman–Crippen MR) is 489 cm³/mol. The van der Waals surface area contributed by atoms with E-state index in [0.717, 1.165) is 68.0 Å². The number of rotatable bonds is 13. The molecule has 4 unspecified atom stereocenters. The molecule has 4 aliphatic heterocycles. The van der Waals surface area contributed by atoms with Crippen molar-refractivity contribution >= 4 is 60.4 Å². The Morgan fingerprint density at radius 2 is 0.725 bits per heavy atom. The summed E-state index contributed by atoms with van der Waals surface area (Å²) in [6.45, 7) is 0. The monoisotopic (exact) mass is 1750 g/mol. The van der Waals surface area contributed by atoms with Gasteiger partial charge < -0.3 is 28.3 Å². The van der Waals surface area contributed by atoms with Crippen molar-refractivity contribution in [1.82, 2.24) is 48.2 Å². The zero-order valence-corrected chi connectivity index (χ0v) is 69.9. The summed E-state index contributed by atoms with van der Waals surface area (Å²) < 4.78 is 11.4. The number of nitrogens with zero attached hydrogens (tertiary/aromatic N) is 11. The van der Waals surface area contributed by atoms with Crippen molar-refractivity contribution in [2.45, 2.75) is 47.3 Å². The Morgan fingerprint density at radius 1 is 0.350 bits per heavy atom. The van der Waals surface area contributed by atoms with Crippen molar-refractivity contribution < 1.29 is 10.0 Å². The molecule has 0 saturated carbocycles. The maximum absolute atomic E-state index is 9.21. The molecule has 0 aliphatic carbocycles. The normalized spacial score (nSPS) is 15.8. The van der Waals surface area contributed by atoms with Gasteiger partial charge in [-0.05, 0) is 126 Å². The van der Waals surface area contributed by atoms with E-state index in [0.29, 0.717) is 11.0 Å². The first-order chi connectivity index (χ1) is 59.1. The minimum Gasteiger partial charge on any atom is -0.423 e. The summed E-state index contributed by atoms with van der Waals surface area (Å²) in [5, 5.41) is 27.2. The zero-order chi connectivity index (χ0) is 81.8. The molecule has 0 fully saturated rings. The van der Waals surface area contributed by atoms with Gasteiger partial charge in [-0.25, -0.2) is 19.9 Å². The highest BCUT2D eigenvalue weighted by Crippen LogP contribution is 2.53. The third-order valence-corrected chi connectivity index (χ3v) is 24.4. The molecule has 4 atom stereocenters. The summed E-state index contributed by atoms with van der Waals surface area (Å²) in [5.74, 6) is 4.12. The molecular formula is C103H79BBr3N11O2. The zero-order valence-electron chi connectivity index (χ0n) is 65.2. The molecular weight excluding hydrogens is 1670 g/mol. The second-order valence-corrected chi connectivity index (χ2v) is 32.0. The van der Waals surface area contributed by atoms with Gasteiger partial charge in [-0.1, -0.05) is 339 Å². The Hall–Kier alpha value is -13.3. The number of hydrogen-bond donors (Lipinski definition) is 2. The summed E-state index contributed by atoms with van der Waals surface area (Å²) in [6, 6.07) is 120. The molecule has 4 aliphatic rings. The van der Waals surface area contributed by atoms with Crippen molar-refractivity contribution in [3.05, 3.63) is 495 Å². The third-order valence-electron chi connectivity index (χ3n) is 22.7. The molecule has 0 bridgehead atoms. The average molecular weight is 1750 g/mol. The Labute approximate surface area is 723 Å². The van der Waals surface area contributed by atoms with Crippen LogP contribution in [-0.4, -0.2) is 65.3 Å². The van der Waals surface area contributed by atoms with Gasteiger partial charge in [0.25, 0.3) is 0 Å². The molecule has 17 heteroatoms. The predicted octanol–water partition coefficient (Wildman–Crippen LogP) is 22.0. The van der Waals surface area contributed by atoms with Gasteiger partial charge in [0.2, 0.25) is 0 Å². The summed E-state index contributed by atoms with van der Waals surface area (Å²) in [4.78, 5) is 26.5. The Balaban J connectivity index is 0.000000108. The summed E-state index contributed by atoms with van der Waals surface area (Å²) >= 11 is 10.4. The fourth-order valence-corrected chi connectivity index (χ4v) is 18.2. The lowest BCUT2D eigenvalue weighted by atomic mass is 9.78. The van der Waals surface area contributed by atoms with E-state index in [4.69, 9.17) is 15.0 Å². The van der Waals surface area contributed by atoms with E-state index in [-0.39, 0.29) is 22.7 Å². The van der Waals surface area contributed by atoms with Crippen LogP contribution < -0.4 is 5.46 Å². The minimum atomic E-state index is -1.40. The van der Waals surface area contributed by atoms with Crippen LogP contribution in [0, 0.1) is 11.3 Å². The van der Waals surface area contributed by atoms with Gasteiger partial charge in [-0.3, -0.25) is 9.97 Å². The number of aromatic nitrogens is 10. The number of nitriles is 1. The number of fused-ring (bicyclic) bond motifs is 12. The molecule has 12 aromatic carbocycles. The lowest BCUT2D eigenvalue weighted by molar-refractivity contribution is 0.425. The van der Waals surface area contributed by atoms with Crippen molar-refractivity contribution in [3.8, 4) is 62.7 Å². The molecule has 0 saturated heterocycles. The van der Waals surface area contributed by atoms with Gasteiger partial charge in [0.05, 0.1) is 17.7 Å². The van der Waals surface area contributed by atoms with E-state index in [2.05, 4.69) is 407 Å². The number of benzene rings is 12. The Bertz CT molecular complexity index is 6510. The van der Waals surface area contributed by atoms with E-state index >= 15 is 0 Å². The van der Waals surface area contributed by atoms with Crippen LogP contribution in [0.25, 0.3) is 56.7 Å². The SMILES string of the molecule is BrCc1ccccc1.Brc1ccc(C2(Cc3ccccc3)c3ccccc3-c3nccn32)cc1.Brc1ccc(C2c3ccccc3-c3nccn32)cc1.N#Cc1ccc(C2(Cc3ccccc3)c3ccccc3-c3nccn32)cc1.OB(O)c1cccnc1.c1ccc(CC2(c3ccc(-c4cccnc4)cc3)c3ccccc3-c3nccn32)cc1. The standard InChI is InChI=1S/C28H21N3.C24H17N3.C23H17BrN2.C16H11BrN2.C7H7Br.C5H6BNO2/c1-2-7-21(8-3-1)19-28(24-14-12-22(13-15-24)23-9-6-16-29-20-23)26-11-5-4-10-25(26)27-30-17-18-31(27)28;25-17-19-10-12-20(13-11-19)24(16-18-6-2-1-3-7-18)22-9-5-4-8-21(22)23-26-14-15-27(23)24;24-19-12-10-18(11-13-19)23(16-17-6-2-1-3-7-17)21-9-5-4-8-20(21)22-25-14-15-26(22)23;17-12-7-5-11(6-8-12)15-13-3-1-2-4-14(13)16-18-9-10-19(15)16;8-6-7-4-2-1-3-5-7;8-6(9)5-2-1-3-7-4-5/h1-18,20H,19H2;1-15H,16H2;1-15H,16H2;1-10,15H;1-5H,6H2;1-4,8-9H. The van der Waals surface area contributed by atoms with Crippen LogP contribution in [0.15, 0.2) is 423 Å². The van der Waals surface area contributed by atoms with Crippen LogP contribution in [-0.2, 0) is 41.2 Å². The van der Waals surface area contributed by atoms with Gasteiger partial charge in [-0.2, -0.15) is 5.26 Å². The van der Waals surface area contributed by atoms with Gasteiger partial charge in [-0.15, -0.1) is 0 Å². The molecule has 582 valence electrons. The highest BCUT2D eigenvalue weighted by molar-refractivity contribution is 9.10. The van der Waals surface area contributed by atoms with Crippen LogP contribution in [0.4, 0.5) is 0 Å². The Morgan fingerprint density at radius 3 is 1.12 bits per heavy atom. The smallest absolute Gasteiger partial charge is 0.423 e. The van der Waals surface area contributed by atoms with Crippen LogP contribution in [0.2, 0.25) is 0 Å². The lowest BCUT2D eigenvalue weighted by Crippen LogP contribution is -2.35. The first-order valence-corrected chi connectivity index (χ1v) is 42.3. The van der Waals surface area contributed by atoms with Crippen molar-refractivity contribution in [2.24, 2.45) is 0 Å². The highest BCUT2D eigenvalue weighted by atomic mass is 79.9. The quantitative estimate of drug-likeness (QED) is 0.0845. The van der Waals surface area contributed by atoms with E-state index < -0.39 is 7.12 Å². The molecule has 0 amide bonds. The molecule has 2 N–H and O–H groups in total. The minimum absolute atomic E-state index is 0.238. The maximum Gasteiger partial charge on any atom is 0.490 e. The molecule has 10 heterocycles. The van der Waals surface area contributed by atoms with Crippen molar-refractivity contribution in [2.75, 3.05) is 0 Å². The summed E-state index contributed by atoms with van der Waals surface area (Å²) in [6.07, 6.45) is 25.2. The molecule has 6 aromatic heterocycles. The van der Waals surface area contributed by atoms with Crippen LogP contribution in [0.5, 0.6) is 0 Å². The van der Waals surface area contributed by atoms with E-state index in [1.54, 1.807) is 18.3 Å². The molecule has 13 nitrogen and oxygen atoms in total. The average Bonchev–Trinajstić information content (AvgIpc) is 1.56. The summed E-state index contributed by atoms with van der Waals surface area (Å²) in [7, 11) is -1.40. The maximum atomic E-state index is 9.21. The largest absolute Gasteiger partial charge is 0.490 e. The fraction of sp³-hybridized carbons (Fsp3) is 0.0777. The lowest BCUT2D eigenvalue weighted by Gasteiger charge is -2.34. The van der Waals surface area contributed by atoms with Crippen molar-refractivity contribution in [1.29, 1.82) is 5.26 Å². The third kappa shape index (κ3) is 15.7. The fourth-order valence-electron chi connectivity index (χ4n) is 17.3. The van der Waals surface area contributed by atoms with Gasteiger partial charge in [0.1, 0.15) is 39.9 Å². The van der Waals surface area contributed by atoms with E-state index in [1.165, 1.54) is 95.2 Å². The second kappa shape index (κ2) is 35.9. The molecule has 120 heavy (non-hydrogen) atoms. The summed E-state index contributed by atoms with van der Waals surface area (Å²) in [5.41, 5.74) is 22.6. The molecule has 22 rings (SSSR count). The number of alkyl halides is 1. The molecule has 0 radical (unpaired) electrons. The van der Waals surface area contributed by atoms with E-state index in [1.807, 2.05) is 79.6 Å². The number of imidazole rings is 4. The van der Waals surface area contributed by atoms with Gasteiger partial charge in [0.15, 0.2) is 0 Å². The van der Waals surface area contributed by atoms with E-state index in [9.17, 15) is 5.26 Å². The van der Waals surface area contributed by atoms with Crippen molar-refractivity contribution in [3.63, 3.8) is 0 Å². The molecule has 0 spiro atoms. The van der Waals surface area contributed by atoms with Gasteiger partial charge >= 0.3 is 7.12 Å². The van der Waals surface area contributed by atoms with Gasteiger partial charge in [0, 0.05) is 136 Å². The van der Waals surface area contributed by atoms with Crippen LogP contribution >= 0.6 is 47.8 Å². The Kier molecular flexibility index (Phi) is 23.7. The first-order valence-electron chi connectivity index (χ1n) is 39.6. The van der Waals surface area contributed by atoms with Crippen LogP contribution in [0.3, 0.4) is 0 Å². The first kappa shape index (κ1) is 79.2. The highest BCUT2D eigenvalue weighted by Gasteiger charge is 2.48. The second-order valence-electron chi connectivity index (χ2n) is 29.6. The number of halogens is 3. The topological polar surface area (TPSA) is 161 Å². The molecule has 18 aromatic rings. The van der Waals surface area contributed by atoms with Crippen LogP contribution in [0.1, 0.15) is 78.4 Å². The number of hydrogen-bond acceptors (Lipinski definition) is 9. The number of pyridine rings is 2.